The number of alkyl halides is 3. The third-order valence-corrected chi connectivity index (χ3v) is 3.87. The molecule has 3 nitrogen and oxygen atoms in total. The zero-order chi connectivity index (χ0) is 13.5. The van der Waals surface area contributed by atoms with Gasteiger partial charge in [-0.1, -0.05) is 13.3 Å². The van der Waals surface area contributed by atoms with Crippen molar-refractivity contribution >= 4 is 21.7 Å². The number of hydrogen-bond acceptors (Lipinski definition) is 2. The normalized spacial score (nSPS) is 23.7. The van der Waals surface area contributed by atoms with Crippen LogP contribution in [-0.2, 0) is 6.42 Å². The number of nitrogens with one attached hydrogen (secondary N) is 1. The molecule has 0 saturated heterocycles. The third kappa shape index (κ3) is 2.37. The second-order valence-electron chi connectivity index (χ2n) is 4.64. The van der Waals surface area contributed by atoms with Crippen LogP contribution in [0.5, 0.6) is 0 Å². The first-order valence-electron chi connectivity index (χ1n) is 5.94. The van der Waals surface area contributed by atoms with E-state index in [4.69, 9.17) is 0 Å². The Morgan fingerprint density at radius 3 is 2.72 bits per heavy atom. The smallest absolute Gasteiger partial charge is 0.367 e. The fourth-order valence-electron chi connectivity index (χ4n) is 2.21. The van der Waals surface area contributed by atoms with E-state index in [0.717, 1.165) is 11.1 Å². The van der Waals surface area contributed by atoms with E-state index >= 15 is 0 Å². The molecule has 2 rings (SSSR count). The van der Waals surface area contributed by atoms with Gasteiger partial charge in [-0.05, 0) is 35.7 Å². The largest absolute Gasteiger partial charge is 0.410 e. The average molecular weight is 326 g/mol. The molecule has 0 spiro atoms. The monoisotopic (exact) mass is 325 g/mol. The zero-order valence-electron chi connectivity index (χ0n) is 10.2. The second-order valence-corrected chi connectivity index (χ2v) is 5.44. The van der Waals surface area contributed by atoms with Crippen LogP contribution in [-0.4, -0.2) is 22.0 Å². The van der Waals surface area contributed by atoms with E-state index in [1.165, 1.54) is 0 Å². The van der Waals surface area contributed by atoms with Crippen LogP contribution in [0, 0.1) is 0 Å². The molecule has 0 aliphatic carbocycles. The summed E-state index contributed by atoms with van der Waals surface area (Å²) in [5.41, 5.74) is 0.684. The van der Waals surface area contributed by atoms with Crippen molar-refractivity contribution in [2.45, 2.75) is 51.4 Å². The average Bonchev–Trinajstić information content (AvgIpc) is 2.55. The quantitative estimate of drug-likeness (QED) is 0.893. The maximum absolute atomic E-state index is 13.0. The van der Waals surface area contributed by atoms with Crippen LogP contribution in [0.1, 0.15) is 38.4 Å². The minimum Gasteiger partial charge on any atom is -0.367 e. The van der Waals surface area contributed by atoms with Gasteiger partial charge >= 0.3 is 6.18 Å². The molecule has 1 N–H and O–H groups in total. The lowest BCUT2D eigenvalue weighted by molar-refractivity contribution is -0.173. The van der Waals surface area contributed by atoms with Gasteiger partial charge in [-0.15, -0.1) is 0 Å². The number of anilines is 1. The standard InChI is InChI=1S/C11H15BrF3N3/c1-3-4-7-9(12)10-16-6(2)5-8(11(13,14)15)18(10)17-7/h6,8,16H,3-5H2,1-2H3. The fraction of sp³-hybridized carbons (Fsp3) is 0.727. The van der Waals surface area contributed by atoms with Crippen LogP contribution in [0.25, 0.3) is 0 Å². The zero-order valence-corrected chi connectivity index (χ0v) is 11.8. The number of fused-ring (bicyclic) bond motifs is 1. The van der Waals surface area contributed by atoms with Gasteiger partial charge in [0.05, 0.1) is 10.2 Å². The van der Waals surface area contributed by atoms with Crippen molar-refractivity contribution in [1.82, 2.24) is 9.78 Å². The minimum absolute atomic E-state index is 0.0101. The van der Waals surface area contributed by atoms with Crippen LogP contribution in [0.15, 0.2) is 4.47 Å². The van der Waals surface area contributed by atoms with Gasteiger partial charge in [0.15, 0.2) is 6.04 Å². The van der Waals surface area contributed by atoms with E-state index in [9.17, 15) is 13.2 Å². The first kappa shape index (κ1) is 13.7. The molecular weight excluding hydrogens is 311 g/mol. The maximum atomic E-state index is 13.0. The minimum atomic E-state index is -4.26. The molecule has 0 bridgehead atoms. The summed E-state index contributed by atoms with van der Waals surface area (Å²) in [5, 5.41) is 7.17. The van der Waals surface area contributed by atoms with Crippen molar-refractivity contribution in [3.05, 3.63) is 10.2 Å². The van der Waals surface area contributed by atoms with Crippen LogP contribution in [0.3, 0.4) is 0 Å². The maximum Gasteiger partial charge on any atom is 0.410 e. The van der Waals surface area contributed by atoms with Crippen molar-refractivity contribution in [1.29, 1.82) is 0 Å². The molecule has 0 saturated carbocycles. The summed E-state index contributed by atoms with van der Waals surface area (Å²) >= 11 is 3.35. The van der Waals surface area contributed by atoms with E-state index in [0.29, 0.717) is 22.4 Å². The lowest BCUT2D eigenvalue weighted by atomic mass is 10.1. The highest BCUT2D eigenvalue weighted by Gasteiger charge is 2.46. The molecule has 1 aromatic heterocycles. The van der Waals surface area contributed by atoms with E-state index in [-0.39, 0.29) is 12.5 Å². The molecule has 7 heteroatoms. The van der Waals surface area contributed by atoms with Crippen molar-refractivity contribution < 1.29 is 13.2 Å². The number of halogens is 4. The highest BCUT2D eigenvalue weighted by atomic mass is 79.9. The topological polar surface area (TPSA) is 29.9 Å². The number of nitrogens with zero attached hydrogens (tertiary/aromatic N) is 2. The first-order chi connectivity index (χ1) is 8.34. The van der Waals surface area contributed by atoms with Crippen LogP contribution >= 0.6 is 15.9 Å². The summed E-state index contributed by atoms with van der Waals surface area (Å²) in [6.45, 7) is 3.73. The first-order valence-corrected chi connectivity index (χ1v) is 6.74. The molecule has 0 fully saturated rings. The Morgan fingerprint density at radius 2 is 2.17 bits per heavy atom. The summed E-state index contributed by atoms with van der Waals surface area (Å²) in [5.74, 6) is 0.444. The van der Waals surface area contributed by atoms with Gasteiger partial charge in [-0.3, -0.25) is 0 Å². The molecule has 2 atom stereocenters. The molecule has 0 aromatic carbocycles. The van der Waals surface area contributed by atoms with Crippen LogP contribution in [0.4, 0.5) is 19.0 Å². The molecule has 0 amide bonds. The molecule has 102 valence electrons. The molecular formula is C11H15BrF3N3. The predicted molar refractivity (Wildman–Crippen MR) is 66.7 cm³/mol. The summed E-state index contributed by atoms with van der Waals surface area (Å²) in [6, 6.07) is -1.75. The SMILES string of the molecule is CCCc1nn2c(c1Br)NC(C)CC2C(F)(F)F. The third-order valence-electron chi connectivity index (χ3n) is 3.04. The number of hydrogen-bond donors (Lipinski definition) is 1. The van der Waals surface area contributed by atoms with Gasteiger partial charge in [-0.25, -0.2) is 4.68 Å². The molecule has 0 radical (unpaired) electrons. The van der Waals surface area contributed by atoms with Crippen molar-refractivity contribution in [2.75, 3.05) is 5.32 Å². The number of rotatable bonds is 2. The number of aromatic nitrogens is 2. The number of aryl methyl sites for hydroxylation is 1. The summed E-state index contributed by atoms with van der Waals surface area (Å²) in [6.07, 6.45) is -2.74. The molecule has 2 heterocycles. The summed E-state index contributed by atoms with van der Waals surface area (Å²) in [4.78, 5) is 0. The van der Waals surface area contributed by atoms with Gasteiger partial charge < -0.3 is 5.32 Å². The van der Waals surface area contributed by atoms with Crippen molar-refractivity contribution in [2.24, 2.45) is 0 Å². The van der Waals surface area contributed by atoms with Crippen molar-refractivity contribution in [3.8, 4) is 0 Å². The molecule has 18 heavy (non-hydrogen) atoms. The Bertz CT molecular complexity index is 441. The van der Waals surface area contributed by atoms with Crippen LogP contribution < -0.4 is 5.32 Å². The Balaban J connectivity index is 2.45. The highest BCUT2D eigenvalue weighted by molar-refractivity contribution is 9.10. The Hall–Kier alpha value is -0.720. The molecule has 1 aromatic rings. The van der Waals surface area contributed by atoms with Gasteiger partial charge in [0.2, 0.25) is 0 Å². The van der Waals surface area contributed by atoms with Gasteiger partial charge in [0, 0.05) is 6.04 Å². The van der Waals surface area contributed by atoms with Gasteiger partial charge in [-0.2, -0.15) is 18.3 Å². The lowest BCUT2D eigenvalue weighted by Crippen LogP contribution is -2.38. The molecule has 1 aliphatic rings. The second kappa shape index (κ2) is 4.75. The van der Waals surface area contributed by atoms with Gasteiger partial charge in [0.1, 0.15) is 5.82 Å². The van der Waals surface area contributed by atoms with Crippen molar-refractivity contribution in [3.63, 3.8) is 0 Å². The van der Waals surface area contributed by atoms with E-state index in [1.54, 1.807) is 6.92 Å². The fourth-order valence-corrected chi connectivity index (χ4v) is 2.79. The van der Waals surface area contributed by atoms with E-state index < -0.39 is 12.2 Å². The van der Waals surface area contributed by atoms with E-state index in [1.807, 2.05) is 6.92 Å². The van der Waals surface area contributed by atoms with E-state index in [2.05, 4.69) is 26.3 Å². The molecule has 1 aliphatic heterocycles. The Kier molecular flexibility index (Phi) is 3.62. The highest BCUT2D eigenvalue weighted by Crippen LogP contribution is 2.42. The Morgan fingerprint density at radius 1 is 1.50 bits per heavy atom. The van der Waals surface area contributed by atoms with Crippen LogP contribution in [0.2, 0.25) is 0 Å². The van der Waals surface area contributed by atoms with Gasteiger partial charge in [0.25, 0.3) is 0 Å². The lowest BCUT2D eigenvalue weighted by Gasteiger charge is -2.31. The predicted octanol–water partition coefficient (Wildman–Crippen LogP) is 3.91. The Labute approximate surface area is 112 Å². The summed E-state index contributed by atoms with van der Waals surface area (Å²) in [7, 11) is 0. The molecule has 2 unspecified atom stereocenters. The summed E-state index contributed by atoms with van der Waals surface area (Å²) < 4.78 is 40.8.